The van der Waals surface area contributed by atoms with Crippen molar-refractivity contribution in [1.29, 1.82) is 0 Å². The summed E-state index contributed by atoms with van der Waals surface area (Å²) in [4.78, 5) is 2.09. The van der Waals surface area contributed by atoms with Crippen LogP contribution in [0.3, 0.4) is 0 Å². The molecule has 0 saturated carbocycles. The Labute approximate surface area is 170 Å². The Kier molecular flexibility index (Phi) is 6.44. The van der Waals surface area contributed by atoms with Gasteiger partial charge in [-0.3, -0.25) is 4.90 Å². The van der Waals surface area contributed by atoms with Crippen molar-refractivity contribution in [2.45, 2.75) is 23.0 Å². The lowest BCUT2D eigenvalue weighted by molar-refractivity contribution is 0.246. The average molecular weight is 446 g/mol. The highest BCUT2D eigenvalue weighted by Crippen LogP contribution is 2.21. The van der Waals surface area contributed by atoms with Gasteiger partial charge in [0, 0.05) is 33.7 Å². The molecule has 29 heavy (non-hydrogen) atoms. The Bertz CT molecular complexity index is 1050. The first-order valence-electron chi connectivity index (χ1n) is 9.10. The van der Waals surface area contributed by atoms with E-state index in [2.05, 4.69) is 0 Å². The van der Waals surface area contributed by atoms with Gasteiger partial charge < -0.3 is 4.42 Å². The zero-order valence-corrected chi connectivity index (χ0v) is 17.9. The molecule has 8 nitrogen and oxygen atoms in total. The van der Waals surface area contributed by atoms with Crippen molar-refractivity contribution in [3.8, 4) is 0 Å². The molecule has 0 radical (unpaired) electrons. The van der Waals surface area contributed by atoms with Crippen LogP contribution in [0.5, 0.6) is 0 Å². The summed E-state index contributed by atoms with van der Waals surface area (Å²) >= 11 is 0. The highest BCUT2D eigenvalue weighted by atomic mass is 32.2. The number of nitrogens with zero attached hydrogens (tertiary/aromatic N) is 3. The van der Waals surface area contributed by atoms with E-state index in [1.165, 1.54) is 36.6 Å². The molecule has 3 rings (SSSR count). The Hall–Kier alpha value is -1.79. The van der Waals surface area contributed by atoms with Crippen molar-refractivity contribution in [3.63, 3.8) is 0 Å². The van der Waals surface area contributed by atoms with Crippen LogP contribution in [0.4, 0.5) is 4.39 Å². The van der Waals surface area contributed by atoms with Crippen LogP contribution in [0.25, 0.3) is 0 Å². The highest BCUT2D eigenvalue weighted by Gasteiger charge is 2.28. The molecule has 1 aromatic carbocycles. The average Bonchev–Trinajstić information content (AvgIpc) is 3.00. The molecule has 1 aromatic heterocycles. The van der Waals surface area contributed by atoms with Crippen LogP contribution >= 0.6 is 0 Å². The monoisotopic (exact) mass is 445 g/mol. The number of benzene rings is 1. The van der Waals surface area contributed by atoms with Crippen molar-refractivity contribution >= 4 is 20.0 Å². The van der Waals surface area contributed by atoms with Crippen LogP contribution in [-0.4, -0.2) is 70.6 Å². The number of hydrogen-bond donors (Lipinski definition) is 0. The van der Waals surface area contributed by atoms with Gasteiger partial charge in [-0.15, -0.1) is 0 Å². The Balaban J connectivity index is 1.66. The largest absolute Gasteiger partial charge is 0.447 e. The maximum Gasteiger partial charge on any atom is 0.275 e. The molecule has 2 aromatic rings. The number of hydrogen-bond acceptors (Lipinski definition) is 6. The molecular weight excluding hydrogens is 421 g/mol. The summed E-state index contributed by atoms with van der Waals surface area (Å²) in [5.74, 6) is 0.0142. The Morgan fingerprint density at radius 2 is 1.66 bits per heavy atom. The number of halogens is 1. The molecule has 1 saturated heterocycles. The van der Waals surface area contributed by atoms with Crippen molar-refractivity contribution in [3.05, 3.63) is 48.0 Å². The molecule has 0 bridgehead atoms. The minimum atomic E-state index is -3.69. The van der Waals surface area contributed by atoms with Gasteiger partial charge in [-0.25, -0.2) is 25.5 Å². The molecule has 11 heteroatoms. The van der Waals surface area contributed by atoms with Crippen LogP contribution in [0, 0.1) is 5.82 Å². The van der Waals surface area contributed by atoms with Gasteiger partial charge in [-0.1, -0.05) is 0 Å². The minimum Gasteiger partial charge on any atom is -0.447 e. The van der Waals surface area contributed by atoms with Crippen LogP contribution < -0.4 is 0 Å². The van der Waals surface area contributed by atoms with Crippen LogP contribution in [0.2, 0.25) is 0 Å². The molecular formula is C18H24FN3O5S2. The van der Waals surface area contributed by atoms with Crippen LogP contribution in [0.15, 0.2) is 50.8 Å². The van der Waals surface area contributed by atoms with E-state index in [1.807, 2.05) is 4.90 Å². The second-order valence-electron chi connectivity index (χ2n) is 7.00. The van der Waals surface area contributed by atoms with Crippen molar-refractivity contribution < 1.29 is 25.6 Å². The smallest absolute Gasteiger partial charge is 0.275 e. The molecule has 0 aliphatic carbocycles. The summed E-state index contributed by atoms with van der Waals surface area (Å²) in [6.45, 7) is 2.13. The summed E-state index contributed by atoms with van der Waals surface area (Å²) in [6, 6.07) is 7.84. The predicted molar refractivity (Wildman–Crippen MR) is 105 cm³/mol. The van der Waals surface area contributed by atoms with Gasteiger partial charge >= 0.3 is 0 Å². The lowest BCUT2D eigenvalue weighted by Gasteiger charge is -2.21. The van der Waals surface area contributed by atoms with E-state index in [-0.39, 0.29) is 16.5 Å². The number of sulfonamides is 2. The molecule has 0 atom stereocenters. The Morgan fingerprint density at radius 3 is 2.31 bits per heavy atom. The van der Waals surface area contributed by atoms with Gasteiger partial charge in [0.15, 0.2) is 0 Å². The third-order valence-corrected chi connectivity index (χ3v) is 8.35. The fraction of sp³-hybridized carbons (Fsp3) is 0.444. The topological polar surface area (TPSA) is 91.1 Å². The fourth-order valence-corrected chi connectivity index (χ4v) is 5.37. The summed E-state index contributed by atoms with van der Waals surface area (Å²) < 4.78 is 70.9. The summed E-state index contributed by atoms with van der Waals surface area (Å²) in [7, 11) is -4.46. The molecule has 0 N–H and O–H groups in total. The summed E-state index contributed by atoms with van der Waals surface area (Å²) in [5.41, 5.74) is 0. The van der Waals surface area contributed by atoms with Crippen molar-refractivity contribution in [2.24, 2.45) is 0 Å². The quantitative estimate of drug-likeness (QED) is 0.670. The van der Waals surface area contributed by atoms with Crippen molar-refractivity contribution in [1.82, 2.24) is 13.5 Å². The summed E-state index contributed by atoms with van der Waals surface area (Å²) in [6.07, 6.45) is 0.615. The first-order chi connectivity index (χ1) is 13.6. The lowest BCUT2D eigenvalue weighted by atomic mass is 10.3. The molecule has 1 aliphatic heterocycles. The van der Waals surface area contributed by atoms with Crippen molar-refractivity contribution in [2.75, 3.05) is 40.3 Å². The summed E-state index contributed by atoms with van der Waals surface area (Å²) in [5, 5.41) is -0.118. The molecule has 1 aliphatic rings. The first kappa shape index (κ1) is 21.9. The first-order valence-corrected chi connectivity index (χ1v) is 12.0. The van der Waals surface area contributed by atoms with Crippen LogP contribution in [0.1, 0.15) is 12.2 Å². The SMILES string of the molecule is CN(C)S(=O)(=O)c1ccc(CN2CCCN(S(=O)(=O)c3ccc(F)cc3)CC2)o1. The zero-order valence-electron chi connectivity index (χ0n) is 16.3. The zero-order chi connectivity index (χ0) is 21.2. The second kappa shape index (κ2) is 8.52. The normalized spacial score (nSPS) is 17.5. The van der Waals surface area contributed by atoms with E-state index in [0.717, 1.165) is 16.4 Å². The predicted octanol–water partition coefficient (Wildman–Crippen LogP) is 1.57. The molecule has 0 spiro atoms. The van der Waals surface area contributed by atoms with Gasteiger partial charge in [-0.05, 0) is 49.4 Å². The minimum absolute atomic E-state index is 0.0666. The van der Waals surface area contributed by atoms with E-state index < -0.39 is 25.9 Å². The van der Waals surface area contributed by atoms with Gasteiger partial charge in [-0.2, -0.15) is 4.31 Å². The maximum atomic E-state index is 13.1. The molecule has 2 heterocycles. The van der Waals surface area contributed by atoms with Gasteiger partial charge in [0.2, 0.25) is 15.1 Å². The molecule has 0 amide bonds. The van der Waals surface area contributed by atoms with Crippen LogP contribution in [-0.2, 0) is 26.6 Å². The van der Waals surface area contributed by atoms with E-state index in [0.29, 0.717) is 38.4 Å². The molecule has 1 fully saturated rings. The fourth-order valence-electron chi connectivity index (χ4n) is 3.08. The standard InChI is InChI=1S/C18H24FN3O5S2/c1-20(2)29(25,26)18-9-6-16(27-18)14-21-10-3-11-22(13-12-21)28(23,24)17-7-4-15(19)5-8-17/h4-9H,3,10-14H2,1-2H3. The highest BCUT2D eigenvalue weighted by molar-refractivity contribution is 7.89. The van der Waals surface area contributed by atoms with Gasteiger partial charge in [0.05, 0.1) is 11.4 Å². The third kappa shape index (κ3) is 4.86. The van der Waals surface area contributed by atoms with E-state index in [1.54, 1.807) is 6.07 Å². The molecule has 160 valence electrons. The maximum absolute atomic E-state index is 13.1. The van der Waals surface area contributed by atoms with Gasteiger partial charge in [0.1, 0.15) is 11.6 Å². The van der Waals surface area contributed by atoms with Gasteiger partial charge in [0.25, 0.3) is 10.0 Å². The Morgan fingerprint density at radius 1 is 0.966 bits per heavy atom. The third-order valence-electron chi connectivity index (χ3n) is 4.75. The van der Waals surface area contributed by atoms with E-state index in [9.17, 15) is 21.2 Å². The number of rotatable bonds is 6. The van der Waals surface area contributed by atoms with E-state index >= 15 is 0 Å². The molecule has 0 unspecified atom stereocenters. The lowest BCUT2D eigenvalue weighted by Crippen LogP contribution is -2.35. The number of furan rings is 1. The second-order valence-corrected chi connectivity index (χ2v) is 11.0. The van der Waals surface area contributed by atoms with E-state index in [4.69, 9.17) is 4.42 Å².